The van der Waals surface area contributed by atoms with Crippen LogP contribution in [0.3, 0.4) is 0 Å². The summed E-state index contributed by atoms with van der Waals surface area (Å²) in [6.07, 6.45) is 0. The highest BCUT2D eigenvalue weighted by Gasteiger charge is 2.04. The van der Waals surface area contributed by atoms with E-state index in [1.165, 1.54) is 0 Å². The predicted octanol–water partition coefficient (Wildman–Crippen LogP) is 1.97. The number of carboxylic acid groups (broad SMARTS) is 2. The average molecular weight is 243 g/mol. The molecular weight excluding hydrogens is 241 g/mol. The minimum atomic E-state index is -3.22. The molecule has 0 aliphatic heterocycles. The van der Waals surface area contributed by atoms with Gasteiger partial charge in [0.1, 0.15) is 0 Å². The molecule has 0 aliphatic rings. The lowest BCUT2D eigenvalue weighted by Gasteiger charge is -1.74. The van der Waals surface area contributed by atoms with Crippen molar-refractivity contribution in [2.24, 2.45) is 0 Å². The lowest BCUT2D eigenvalue weighted by molar-refractivity contribution is -0.159. The summed E-state index contributed by atoms with van der Waals surface area (Å²) in [6.45, 7) is 0. The van der Waals surface area contributed by atoms with Crippen molar-refractivity contribution >= 4 is 50.9 Å². The SMILES string of the molecule is O=C(O)C(=O)O.O=P(Cl)(Cl)Cl. The molecular formula is C2H2Cl3O5P. The van der Waals surface area contributed by atoms with E-state index in [1.54, 1.807) is 0 Å². The fourth-order valence-corrected chi connectivity index (χ4v) is 0. The molecule has 0 saturated heterocycles. The molecule has 0 atom stereocenters. The first kappa shape index (κ1) is 13.6. The number of rotatable bonds is 0. The van der Waals surface area contributed by atoms with Crippen molar-refractivity contribution in [3.05, 3.63) is 0 Å². The van der Waals surface area contributed by atoms with Gasteiger partial charge in [0, 0.05) is 0 Å². The Morgan fingerprint density at radius 3 is 1.09 bits per heavy atom. The molecule has 0 radical (unpaired) electrons. The van der Waals surface area contributed by atoms with E-state index < -0.39 is 17.1 Å². The van der Waals surface area contributed by atoms with Crippen LogP contribution >= 0.6 is 38.9 Å². The van der Waals surface area contributed by atoms with Gasteiger partial charge in [-0.2, -0.15) is 0 Å². The van der Waals surface area contributed by atoms with E-state index in [0.29, 0.717) is 0 Å². The molecule has 0 spiro atoms. The van der Waals surface area contributed by atoms with Gasteiger partial charge >= 0.3 is 17.1 Å². The molecule has 0 amide bonds. The topological polar surface area (TPSA) is 91.7 Å². The molecule has 2 N–H and O–H groups in total. The average Bonchev–Trinajstić information content (AvgIpc) is 1.59. The van der Waals surface area contributed by atoms with Crippen molar-refractivity contribution in [3.8, 4) is 0 Å². The molecule has 5 nitrogen and oxygen atoms in total. The van der Waals surface area contributed by atoms with Gasteiger partial charge in [0.25, 0.3) is 0 Å². The van der Waals surface area contributed by atoms with Gasteiger partial charge in [-0.05, 0) is 33.7 Å². The van der Waals surface area contributed by atoms with Gasteiger partial charge in [0.15, 0.2) is 0 Å². The smallest absolute Gasteiger partial charge is 0.414 e. The third-order valence-corrected chi connectivity index (χ3v) is 0.183. The Hall–Kier alpha value is 0.0400. The van der Waals surface area contributed by atoms with Crippen molar-refractivity contribution in [1.82, 2.24) is 0 Å². The summed E-state index contributed by atoms with van der Waals surface area (Å²) in [5.74, 6) is -3.65. The van der Waals surface area contributed by atoms with Crippen LogP contribution in [0, 0.1) is 0 Å². The van der Waals surface area contributed by atoms with Gasteiger partial charge < -0.3 is 10.2 Å². The summed E-state index contributed by atoms with van der Waals surface area (Å²) in [4.78, 5) is 18.2. The van der Waals surface area contributed by atoms with Crippen LogP contribution in [0.2, 0.25) is 0 Å². The molecule has 0 aromatic carbocycles. The van der Waals surface area contributed by atoms with Crippen LogP contribution < -0.4 is 0 Å². The van der Waals surface area contributed by atoms with E-state index in [-0.39, 0.29) is 0 Å². The molecule has 0 heterocycles. The first-order valence-corrected chi connectivity index (χ1v) is 6.22. The number of carbonyl (C=O) groups is 2. The Balaban J connectivity index is 0. The highest BCUT2D eigenvalue weighted by atomic mass is 36.0. The van der Waals surface area contributed by atoms with Crippen molar-refractivity contribution in [2.45, 2.75) is 0 Å². The standard InChI is InChI=1S/C2H2O4.Cl3OP/c3-1(4)2(5)6;1-5(2,3)4/h(H,3,4)(H,5,6);. The van der Waals surface area contributed by atoms with Crippen LogP contribution in [-0.4, -0.2) is 22.2 Å². The molecule has 0 saturated carbocycles. The zero-order valence-corrected chi connectivity index (χ0v) is 7.86. The second kappa shape index (κ2) is 5.66. The quantitative estimate of drug-likeness (QED) is 0.501. The van der Waals surface area contributed by atoms with E-state index in [2.05, 4.69) is 33.7 Å². The first-order chi connectivity index (χ1) is 4.64. The van der Waals surface area contributed by atoms with Gasteiger partial charge in [-0.3, -0.25) is 4.57 Å². The Morgan fingerprint density at radius 1 is 1.00 bits per heavy atom. The van der Waals surface area contributed by atoms with Crippen LogP contribution in [0.5, 0.6) is 0 Å². The second-order valence-corrected chi connectivity index (χ2v) is 7.65. The highest BCUT2D eigenvalue weighted by Crippen LogP contribution is 2.61. The molecule has 0 aromatic heterocycles. The van der Waals surface area contributed by atoms with E-state index >= 15 is 0 Å². The van der Waals surface area contributed by atoms with Crippen LogP contribution in [0.15, 0.2) is 0 Å². The summed E-state index contributed by atoms with van der Waals surface area (Å²) in [5, 5.41) is 11.6. The third kappa shape index (κ3) is 39.8. The molecule has 0 rings (SSSR count). The van der Waals surface area contributed by atoms with Crippen molar-refractivity contribution in [3.63, 3.8) is 0 Å². The lowest BCUT2D eigenvalue weighted by Crippen LogP contribution is -2.09. The summed E-state index contributed by atoms with van der Waals surface area (Å²) in [6, 6.07) is 0. The zero-order valence-electron chi connectivity index (χ0n) is 4.70. The fourth-order valence-electron chi connectivity index (χ4n) is 0. The monoisotopic (exact) mass is 242 g/mol. The number of aliphatic carboxylic acids is 2. The molecule has 0 bridgehead atoms. The molecule has 66 valence electrons. The van der Waals surface area contributed by atoms with E-state index in [1.807, 2.05) is 0 Å². The Kier molecular flexibility index (Phi) is 7.01. The maximum absolute atomic E-state index is 9.51. The molecule has 9 heteroatoms. The molecule has 0 unspecified atom stereocenters. The maximum atomic E-state index is 9.51. The van der Waals surface area contributed by atoms with Crippen molar-refractivity contribution in [1.29, 1.82) is 0 Å². The minimum absolute atomic E-state index is 1.82. The normalized spacial score (nSPS) is 9.36. The van der Waals surface area contributed by atoms with Crippen molar-refractivity contribution in [2.75, 3.05) is 0 Å². The maximum Gasteiger partial charge on any atom is 0.414 e. The van der Waals surface area contributed by atoms with Gasteiger partial charge in [-0.25, -0.2) is 9.59 Å². The number of halogens is 3. The van der Waals surface area contributed by atoms with Crippen molar-refractivity contribution < 1.29 is 24.4 Å². The molecule has 11 heavy (non-hydrogen) atoms. The number of carboxylic acids is 2. The molecule has 0 aliphatic carbocycles. The Labute approximate surface area is 75.6 Å². The number of hydrogen-bond acceptors (Lipinski definition) is 3. The van der Waals surface area contributed by atoms with Crippen LogP contribution in [-0.2, 0) is 14.2 Å². The van der Waals surface area contributed by atoms with Crippen LogP contribution in [0.1, 0.15) is 0 Å². The molecule has 0 aromatic rings. The van der Waals surface area contributed by atoms with Gasteiger partial charge in [-0.15, -0.1) is 0 Å². The summed E-state index contributed by atoms with van der Waals surface area (Å²) < 4.78 is 9.51. The van der Waals surface area contributed by atoms with E-state index in [9.17, 15) is 4.57 Å². The second-order valence-electron chi connectivity index (χ2n) is 1.01. The number of hydrogen-bond donors (Lipinski definition) is 2. The largest absolute Gasteiger partial charge is 0.473 e. The van der Waals surface area contributed by atoms with Gasteiger partial charge in [-0.1, -0.05) is 0 Å². The first-order valence-electron chi connectivity index (χ1n) is 1.80. The zero-order chi connectivity index (χ0) is 9.65. The lowest BCUT2D eigenvalue weighted by atomic mass is 10.7. The van der Waals surface area contributed by atoms with Crippen LogP contribution in [0.4, 0.5) is 0 Å². The van der Waals surface area contributed by atoms with Gasteiger partial charge in [0.05, 0.1) is 0 Å². The van der Waals surface area contributed by atoms with E-state index in [0.717, 1.165) is 0 Å². The Morgan fingerprint density at radius 2 is 1.09 bits per heavy atom. The van der Waals surface area contributed by atoms with Crippen LogP contribution in [0.25, 0.3) is 0 Å². The van der Waals surface area contributed by atoms with E-state index in [4.69, 9.17) is 19.8 Å². The van der Waals surface area contributed by atoms with Gasteiger partial charge in [0.2, 0.25) is 0 Å². The summed E-state index contributed by atoms with van der Waals surface area (Å²) >= 11 is 13.8. The third-order valence-electron chi connectivity index (χ3n) is 0.183. The Bertz CT molecular complexity index is 176. The predicted molar refractivity (Wildman–Crippen MR) is 40.4 cm³/mol. The highest BCUT2D eigenvalue weighted by molar-refractivity contribution is 8.24. The minimum Gasteiger partial charge on any atom is -0.473 e. The molecule has 0 fully saturated rings. The fraction of sp³-hybridized carbons (Fsp3) is 0. The summed E-state index contributed by atoms with van der Waals surface area (Å²) in [5.41, 5.74) is 0. The summed E-state index contributed by atoms with van der Waals surface area (Å²) in [7, 11) is 0.